The number of halogens is 3. The molecule has 0 unspecified atom stereocenters. The third kappa shape index (κ3) is 3.04. The maximum absolute atomic E-state index is 13.3. The summed E-state index contributed by atoms with van der Waals surface area (Å²) in [4.78, 5) is 16.7. The number of para-hydroxylation sites is 1. The maximum atomic E-state index is 13.3. The molecular weight excluding hydrogens is 419 g/mol. The third-order valence-electron chi connectivity index (χ3n) is 6.25. The lowest BCUT2D eigenvalue weighted by molar-refractivity contribution is -0.137. The smallest absolute Gasteiger partial charge is 0.416 e. The molecule has 0 spiro atoms. The number of hydrogen-bond acceptors (Lipinski definition) is 2. The lowest BCUT2D eigenvalue weighted by Gasteiger charge is -2.26. The molecule has 166 valence electrons. The number of fused-ring (bicyclic) bond motifs is 4. The molecule has 0 bridgehead atoms. The fourth-order valence-electron chi connectivity index (χ4n) is 4.66. The van der Waals surface area contributed by atoms with Crippen molar-refractivity contribution in [3.05, 3.63) is 87.1 Å². The zero-order chi connectivity index (χ0) is 22.6. The number of rotatable bonds is 4. The van der Waals surface area contributed by atoms with E-state index in [1.807, 2.05) is 31.2 Å². The van der Waals surface area contributed by atoms with E-state index in [0.717, 1.165) is 47.1 Å². The predicted molar refractivity (Wildman–Crippen MR) is 115 cm³/mol. The second-order valence-electron chi connectivity index (χ2n) is 8.19. The topological polar surface area (TPSA) is 62.9 Å². The number of H-pyrrole nitrogens is 1. The van der Waals surface area contributed by atoms with Gasteiger partial charge < -0.3 is 10.1 Å². The van der Waals surface area contributed by atoms with Gasteiger partial charge in [0.1, 0.15) is 6.04 Å². The van der Waals surface area contributed by atoms with Crippen LogP contribution in [0.2, 0.25) is 0 Å². The van der Waals surface area contributed by atoms with Crippen LogP contribution in [-0.2, 0) is 19.1 Å². The Morgan fingerprint density at radius 1 is 1.12 bits per heavy atom. The van der Waals surface area contributed by atoms with Gasteiger partial charge in [0.05, 0.1) is 11.3 Å². The highest BCUT2D eigenvalue weighted by atomic mass is 19.4. The molecular formula is C24H22F3N3O2. The van der Waals surface area contributed by atoms with E-state index in [9.17, 15) is 23.1 Å². The summed E-state index contributed by atoms with van der Waals surface area (Å²) < 4.78 is 42.2. The van der Waals surface area contributed by atoms with Gasteiger partial charge in [-0.05, 0) is 35.7 Å². The number of alkyl halides is 3. The highest BCUT2D eigenvalue weighted by Crippen LogP contribution is 2.41. The average Bonchev–Trinajstić information content (AvgIpc) is 3.26. The highest BCUT2D eigenvalue weighted by molar-refractivity contribution is 5.86. The minimum Gasteiger partial charge on any atom is -0.493 e. The zero-order valence-electron chi connectivity index (χ0n) is 17.4. The lowest BCUT2D eigenvalue weighted by atomic mass is 9.92. The summed E-state index contributed by atoms with van der Waals surface area (Å²) in [5.74, 6) is -0.0729. The van der Waals surface area contributed by atoms with Crippen molar-refractivity contribution in [1.29, 1.82) is 0 Å². The fraction of sp³-hybridized carbons (Fsp3) is 0.292. The van der Waals surface area contributed by atoms with Gasteiger partial charge in [0.25, 0.3) is 0 Å². The molecule has 5 nitrogen and oxygen atoms in total. The number of aromatic nitrogens is 3. The van der Waals surface area contributed by atoms with Crippen LogP contribution in [0.1, 0.15) is 53.9 Å². The summed E-state index contributed by atoms with van der Waals surface area (Å²) in [6.07, 6.45) is -2.49. The molecule has 0 fully saturated rings. The second kappa shape index (κ2) is 7.32. The van der Waals surface area contributed by atoms with Crippen molar-refractivity contribution in [3.8, 4) is 5.88 Å². The van der Waals surface area contributed by atoms with Crippen LogP contribution in [0.15, 0.2) is 53.3 Å². The van der Waals surface area contributed by atoms with Crippen molar-refractivity contribution in [2.45, 2.75) is 44.9 Å². The molecule has 0 radical (unpaired) electrons. The fourth-order valence-corrected chi connectivity index (χ4v) is 4.66. The number of unbranched alkanes of at least 4 members (excludes halogenated alkanes) is 1. The van der Waals surface area contributed by atoms with Gasteiger partial charge >= 0.3 is 11.9 Å². The number of imidazole rings is 1. The van der Waals surface area contributed by atoms with Crippen LogP contribution in [0.25, 0.3) is 10.9 Å². The molecule has 5 rings (SSSR count). The normalized spacial score (nSPS) is 15.7. The van der Waals surface area contributed by atoms with Crippen LogP contribution in [0.3, 0.4) is 0 Å². The van der Waals surface area contributed by atoms with Crippen LogP contribution in [-0.4, -0.2) is 19.2 Å². The van der Waals surface area contributed by atoms with Gasteiger partial charge in [-0.2, -0.15) is 13.2 Å². The minimum atomic E-state index is -4.44. The Labute approximate surface area is 181 Å². The van der Waals surface area contributed by atoms with E-state index in [1.54, 1.807) is 0 Å². The molecule has 1 aliphatic heterocycles. The number of aromatic hydroxyl groups is 1. The standard InChI is InChI=1S/C24H22F3N3O2/c1-2-3-12-29-22(31)19-13-17-16-6-4-5-7-18(16)28-20(17)21(30(19)23(29)32)14-8-10-15(11-9-14)24(25,26)27/h4-11,21,28,31H,2-3,12-13H2,1H3/t21-/m0/s1. The van der Waals surface area contributed by atoms with Crippen molar-refractivity contribution < 1.29 is 18.3 Å². The Balaban J connectivity index is 1.74. The Bertz CT molecular complexity index is 1360. The average molecular weight is 441 g/mol. The summed E-state index contributed by atoms with van der Waals surface area (Å²) >= 11 is 0. The Hall–Kier alpha value is -3.42. The number of aromatic amines is 1. The number of nitrogens with one attached hydrogen (secondary N) is 1. The molecule has 1 atom stereocenters. The quantitative estimate of drug-likeness (QED) is 0.403. The molecule has 0 saturated heterocycles. The molecule has 3 heterocycles. The number of benzene rings is 2. The summed E-state index contributed by atoms with van der Waals surface area (Å²) in [5.41, 5.74) is 2.49. The number of hydrogen-bond donors (Lipinski definition) is 2. The molecule has 4 aromatic rings. The highest BCUT2D eigenvalue weighted by Gasteiger charge is 2.36. The van der Waals surface area contributed by atoms with E-state index in [0.29, 0.717) is 24.2 Å². The van der Waals surface area contributed by atoms with Crippen LogP contribution < -0.4 is 5.69 Å². The third-order valence-corrected chi connectivity index (χ3v) is 6.25. The first-order valence-electron chi connectivity index (χ1n) is 10.6. The summed E-state index contributed by atoms with van der Waals surface area (Å²) in [5, 5.41) is 11.9. The SMILES string of the molecule is CCCCn1c(O)c2n(c1=O)[C@@H](c1ccc(C(F)(F)F)cc1)c1[nH]c3ccccc3c1C2. The predicted octanol–water partition coefficient (Wildman–Crippen LogP) is 5.20. The molecule has 0 saturated carbocycles. The molecule has 0 amide bonds. The van der Waals surface area contributed by atoms with Crippen molar-refractivity contribution in [2.75, 3.05) is 0 Å². The van der Waals surface area contributed by atoms with Crippen molar-refractivity contribution in [1.82, 2.24) is 14.1 Å². The summed E-state index contributed by atoms with van der Waals surface area (Å²) in [7, 11) is 0. The van der Waals surface area contributed by atoms with Gasteiger partial charge in [-0.3, -0.25) is 9.13 Å². The van der Waals surface area contributed by atoms with E-state index in [4.69, 9.17) is 0 Å². The molecule has 2 aromatic carbocycles. The zero-order valence-corrected chi connectivity index (χ0v) is 17.4. The van der Waals surface area contributed by atoms with Crippen LogP contribution in [0, 0.1) is 0 Å². The minimum absolute atomic E-state index is 0.0729. The molecule has 2 N–H and O–H groups in total. The first-order valence-corrected chi connectivity index (χ1v) is 10.6. The van der Waals surface area contributed by atoms with Crippen LogP contribution in [0.5, 0.6) is 5.88 Å². The van der Waals surface area contributed by atoms with E-state index < -0.39 is 17.8 Å². The van der Waals surface area contributed by atoms with Crippen molar-refractivity contribution in [2.24, 2.45) is 0 Å². The van der Waals surface area contributed by atoms with Crippen LogP contribution >= 0.6 is 0 Å². The molecule has 1 aliphatic rings. The molecule has 2 aromatic heterocycles. The Kier molecular flexibility index (Phi) is 4.69. The van der Waals surface area contributed by atoms with Gasteiger partial charge in [0.15, 0.2) is 0 Å². The molecule has 8 heteroatoms. The first-order chi connectivity index (χ1) is 15.3. The van der Waals surface area contributed by atoms with Crippen molar-refractivity contribution in [3.63, 3.8) is 0 Å². The van der Waals surface area contributed by atoms with Gasteiger partial charge in [-0.1, -0.05) is 43.7 Å². The van der Waals surface area contributed by atoms with Gasteiger partial charge in [-0.25, -0.2) is 4.79 Å². The lowest BCUT2D eigenvalue weighted by Crippen LogP contribution is -2.32. The van der Waals surface area contributed by atoms with Gasteiger partial charge in [0.2, 0.25) is 5.88 Å². The van der Waals surface area contributed by atoms with E-state index >= 15 is 0 Å². The van der Waals surface area contributed by atoms with E-state index in [1.165, 1.54) is 21.3 Å². The number of nitrogens with zero attached hydrogens (tertiary/aromatic N) is 2. The first kappa shape index (κ1) is 20.5. The van der Waals surface area contributed by atoms with E-state index in [-0.39, 0.29) is 11.6 Å². The van der Waals surface area contributed by atoms with Crippen LogP contribution in [0.4, 0.5) is 13.2 Å². The Morgan fingerprint density at radius 3 is 2.53 bits per heavy atom. The van der Waals surface area contributed by atoms with E-state index in [2.05, 4.69) is 4.98 Å². The van der Waals surface area contributed by atoms with Crippen molar-refractivity contribution >= 4 is 10.9 Å². The second-order valence-corrected chi connectivity index (χ2v) is 8.19. The van der Waals surface area contributed by atoms with Gasteiger partial charge in [0, 0.05) is 29.6 Å². The summed E-state index contributed by atoms with van der Waals surface area (Å²) in [6.45, 7) is 2.38. The van der Waals surface area contributed by atoms with Gasteiger partial charge in [-0.15, -0.1) is 0 Å². The largest absolute Gasteiger partial charge is 0.493 e. The molecule has 0 aliphatic carbocycles. The maximum Gasteiger partial charge on any atom is 0.416 e. The Morgan fingerprint density at radius 2 is 1.84 bits per heavy atom. The summed E-state index contributed by atoms with van der Waals surface area (Å²) in [6, 6.07) is 11.9. The monoisotopic (exact) mass is 441 g/mol. The molecule has 32 heavy (non-hydrogen) atoms.